The molecule has 1 aliphatic rings. The summed E-state index contributed by atoms with van der Waals surface area (Å²) in [6, 6.07) is 11.1. The fourth-order valence-corrected chi connectivity index (χ4v) is 4.56. The van der Waals surface area contributed by atoms with Crippen LogP contribution in [-0.4, -0.2) is 56.3 Å². The van der Waals surface area contributed by atoms with Crippen LogP contribution in [-0.2, 0) is 6.54 Å². The maximum absolute atomic E-state index is 13.3. The standard InChI is InChI=1S/C27H31N9O2/c1-4-14-35-26(37)21-16-31-27(32-18-8-9-22(29-3)20(15-18)17(2)28)34-25(21)36(35)23-6-5-7-24(33-23)38-19-10-12-30-13-11-19/h4-9,15-16,19,28-30H,1,10-14H2,2-3H3,(H,31,32,34). The van der Waals surface area contributed by atoms with Crippen LogP contribution in [0.4, 0.5) is 17.3 Å². The van der Waals surface area contributed by atoms with E-state index in [0.29, 0.717) is 34.4 Å². The Hall–Kier alpha value is -4.51. The number of hydrogen-bond donors (Lipinski definition) is 4. The number of hydrogen-bond acceptors (Lipinski definition) is 9. The zero-order valence-electron chi connectivity index (χ0n) is 21.5. The summed E-state index contributed by atoms with van der Waals surface area (Å²) in [4.78, 5) is 27.1. The van der Waals surface area contributed by atoms with Gasteiger partial charge in [-0.2, -0.15) is 9.97 Å². The zero-order valence-corrected chi connectivity index (χ0v) is 21.5. The molecule has 1 aliphatic heterocycles. The van der Waals surface area contributed by atoms with E-state index >= 15 is 0 Å². The summed E-state index contributed by atoms with van der Waals surface area (Å²) in [5, 5.41) is 18.1. The number of anilines is 3. The maximum Gasteiger partial charge on any atom is 0.278 e. The second-order valence-electron chi connectivity index (χ2n) is 9.08. The van der Waals surface area contributed by atoms with Crippen LogP contribution in [0.1, 0.15) is 25.3 Å². The highest BCUT2D eigenvalue weighted by Gasteiger charge is 2.20. The van der Waals surface area contributed by atoms with E-state index in [-0.39, 0.29) is 18.2 Å². The summed E-state index contributed by atoms with van der Waals surface area (Å²) in [5.41, 5.74) is 2.95. The van der Waals surface area contributed by atoms with Crippen molar-refractivity contribution in [2.75, 3.05) is 30.8 Å². The molecule has 4 N–H and O–H groups in total. The number of allylic oxidation sites excluding steroid dienone is 1. The zero-order chi connectivity index (χ0) is 26.6. The molecule has 0 radical (unpaired) electrons. The molecule has 3 aromatic heterocycles. The SMILES string of the molecule is C=CCn1c(=O)c2cnc(Nc3ccc(NC)c(C(C)=N)c3)nc2n1-c1cccc(OC2CCNCC2)n1. The van der Waals surface area contributed by atoms with Crippen molar-refractivity contribution in [3.05, 3.63) is 71.2 Å². The third-order valence-corrected chi connectivity index (χ3v) is 6.43. The average molecular weight is 514 g/mol. The minimum atomic E-state index is -0.238. The minimum absolute atomic E-state index is 0.0951. The van der Waals surface area contributed by atoms with E-state index in [1.54, 1.807) is 17.7 Å². The third-order valence-electron chi connectivity index (χ3n) is 6.43. The molecule has 0 bridgehead atoms. The topological polar surface area (TPSA) is 135 Å². The van der Waals surface area contributed by atoms with Gasteiger partial charge in [-0.05, 0) is 57.1 Å². The lowest BCUT2D eigenvalue weighted by Crippen LogP contribution is -2.34. The van der Waals surface area contributed by atoms with Crippen LogP contribution < -0.4 is 26.2 Å². The van der Waals surface area contributed by atoms with Gasteiger partial charge in [0, 0.05) is 42.0 Å². The predicted octanol–water partition coefficient (Wildman–Crippen LogP) is 3.47. The van der Waals surface area contributed by atoms with Crippen molar-refractivity contribution in [1.29, 1.82) is 5.41 Å². The van der Waals surface area contributed by atoms with Crippen molar-refractivity contribution in [2.24, 2.45) is 0 Å². The van der Waals surface area contributed by atoms with E-state index in [9.17, 15) is 4.79 Å². The van der Waals surface area contributed by atoms with E-state index in [4.69, 9.17) is 20.1 Å². The Kier molecular flexibility index (Phi) is 7.18. The van der Waals surface area contributed by atoms with Crippen LogP contribution in [0.25, 0.3) is 16.9 Å². The van der Waals surface area contributed by atoms with Crippen LogP contribution in [0.3, 0.4) is 0 Å². The summed E-state index contributed by atoms with van der Waals surface area (Å²) in [6.07, 6.45) is 5.09. The molecule has 38 heavy (non-hydrogen) atoms. The van der Waals surface area contributed by atoms with Gasteiger partial charge in [0.2, 0.25) is 11.8 Å². The van der Waals surface area contributed by atoms with Gasteiger partial charge in [0.1, 0.15) is 11.5 Å². The van der Waals surface area contributed by atoms with Crippen molar-refractivity contribution < 1.29 is 4.74 Å². The highest BCUT2D eigenvalue weighted by atomic mass is 16.5. The van der Waals surface area contributed by atoms with Crippen LogP contribution in [0.15, 0.2) is 60.0 Å². The molecule has 1 saturated heterocycles. The van der Waals surface area contributed by atoms with Gasteiger partial charge in [-0.1, -0.05) is 12.1 Å². The largest absolute Gasteiger partial charge is 0.474 e. The lowest BCUT2D eigenvalue weighted by atomic mass is 10.1. The Morgan fingerprint density at radius 3 is 2.82 bits per heavy atom. The predicted molar refractivity (Wildman–Crippen MR) is 149 cm³/mol. The van der Waals surface area contributed by atoms with Crippen molar-refractivity contribution in [3.8, 4) is 11.7 Å². The molecule has 0 unspecified atom stereocenters. The molecule has 0 atom stereocenters. The van der Waals surface area contributed by atoms with Gasteiger partial charge in [-0.15, -0.1) is 6.58 Å². The highest BCUT2D eigenvalue weighted by molar-refractivity contribution is 6.02. The average Bonchev–Trinajstić information content (AvgIpc) is 3.20. The Morgan fingerprint density at radius 2 is 2.08 bits per heavy atom. The molecule has 11 heteroatoms. The number of nitrogens with one attached hydrogen (secondary N) is 4. The fraction of sp³-hybridized carbons (Fsp3) is 0.296. The Labute approximate surface area is 220 Å². The molecular formula is C27H31N9O2. The number of rotatable bonds is 9. The Bertz CT molecular complexity index is 1550. The quantitative estimate of drug-likeness (QED) is 0.197. The summed E-state index contributed by atoms with van der Waals surface area (Å²) >= 11 is 0. The number of nitrogens with zero attached hydrogens (tertiary/aromatic N) is 5. The molecule has 196 valence electrons. The fourth-order valence-electron chi connectivity index (χ4n) is 4.56. The van der Waals surface area contributed by atoms with Gasteiger partial charge in [-0.25, -0.2) is 14.3 Å². The lowest BCUT2D eigenvalue weighted by molar-refractivity contribution is 0.156. The molecule has 4 heterocycles. The smallest absolute Gasteiger partial charge is 0.278 e. The minimum Gasteiger partial charge on any atom is -0.474 e. The molecular weight excluding hydrogens is 482 g/mol. The number of piperidine rings is 1. The number of ether oxygens (including phenoxy) is 1. The van der Waals surface area contributed by atoms with Gasteiger partial charge in [-0.3, -0.25) is 4.79 Å². The van der Waals surface area contributed by atoms with Crippen molar-refractivity contribution in [2.45, 2.75) is 32.4 Å². The summed E-state index contributed by atoms with van der Waals surface area (Å²) < 4.78 is 9.36. The highest BCUT2D eigenvalue weighted by Crippen LogP contribution is 2.24. The summed E-state index contributed by atoms with van der Waals surface area (Å²) in [7, 11) is 1.82. The van der Waals surface area contributed by atoms with Crippen LogP contribution in [0.2, 0.25) is 0 Å². The van der Waals surface area contributed by atoms with Crippen LogP contribution in [0, 0.1) is 5.41 Å². The van der Waals surface area contributed by atoms with Gasteiger partial charge >= 0.3 is 0 Å². The van der Waals surface area contributed by atoms with E-state index in [1.165, 1.54) is 10.9 Å². The van der Waals surface area contributed by atoms with E-state index in [2.05, 4.69) is 27.5 Å². The summed E-state index contributed by atoms with van der Waals surface area (Å²) in [6.45, 7) is 7.64. The molecule has 4 aromatic rings. The lowest BCUT2D eigenvalue weighted by Gasteiger charge is -2.23. The monoisotopic (exact) mass is 513 g/mol. The first-order valence-electron chi connectivity index (χ1n) is 12.6. The molecule has 0 aliphatic carbocycles. The molecule has 1 fully saturated rings. The molecule has 0 spiro atoms. The molecule has 0 amide bonds. The first kappa shape index (κ1) is 25.2. The first-order valence-corrected chi connectivity index (χ1v) is 12.6. The van der Waals surface area contributed by atoms with E-state index < -0.39 is 0 Å². The third kappa shape index (κ3) is 5.00. The van der Waals surface area contributed by atoms with Crippen LogP contribution >= 0.6 is 0 Å². The van der Waals surface area contributed by atoms with E-state index in [0.717, 1.165) is 42.9 Å². The molecule has 11 nitrogen and oxygen atoms in total. The molecule has 5 rings (SSSR count). The van der Waals surface area contributed by atoms with Crippen molar-refractivity contribution in [1.82, 2.24) is 29.6 Å². The van der Waals surface area contributed by atoms with Crippen molar-refractivity contribution >= 4 is 34.1 Å². The van der Waals surface area contributed by atoms with Gasteiger partial charge in [0.15, 0.2) is 11.5 Å². The number of pyridine rings is 1. The second kappa shape index (κ2) is 10.9. The van der Waals surface area contributed by atoms with Gasteiger partial charge in [0.25, 0.3) is 5.56 Å². The second-order valence-corrected chi connectivity index (χ2v) is 9.08. The van der Waals surface area contributed by atoms with Crippen molar-refractivity contribution in [3.63, 3.8) is 0 Å². The van der Waals surface area contributed by atoms with Gasteiger partial charge < -0.3 is 26.1 Å². The first-order chi connectivity index (χ1) is 18.5. The number of aromatic nitrogens is 5. The van der Waals surface area contributed by atoms with Gasteiger partial charge in [0.05, 0.1) is 6.54 Å². The Morgan fingerprint density at radius 1 is 1.26 bits per heavy atom. The molecule has 1 aromatic carbocycles. The maximum atomic E-state index is 13.3. The van der Waals surface area contributed by atoms with Crippen LogP contribution in [0.5, 0.6) is 5.88 Å². The Balaban J connectivity index is 1.55. The normalized spacial score (nSPS) is 13.8. The summed E-state index contributed by atoms with van der Waals surface area (Å²) in [5.74, 6) is 1.32. The van der Waals surface area contributed by atoms with E-state index in [1.807, 2.05) is 43.4 Å². The number of benzene rings is 1. The number of fused-ring (bicyclic) bond motifs is 1. The molecule has 0 saturated carbocycles.